The lowest BCUT2D eigenvalue weighted by Gasteiger charge is -2.21. The van der Waals surface area contributed by atoms with Gasteiger partial charge in [0, 0.05) is 90.3 Å². The maximum absolute atomic E-state index is 11.3. The number of aromatic amines is 1. The van der Waals surface area contributed by atoms with Crippen molar-refractivity contribution in [1.29, 1.82) is 0 Å². The van der Waals surface area contributed by atoms with E-state index in [1.54, 1.807) is 79.0 Å². The molecule has 514 valence electrons. The van der Waals surface area contributed by atoms with Crippen molar-refractivity contribution in [1.82, 2.24) is 24.9 Å². The summed E-state index contributed by atoms with van der Waals surface area (Å²) in [4.78, 5) is 87.9. The number of carbonyl (C=O) groups is 7. The molecule has 7 N–H and O–H groups in total. The number of pyridine rings is 1. The lowest BCUT2D eigenvalue weighted by atomic mass is 10.00. The van der Waals surface area contributed by atoms with Crippen LogP contribution >= 0.6 is 37.0 Å². The summed E-state index contributed by atoms with van der Waals surface area (Å²) in [6.45, 7) is 54.3. The van der Waals surface area contributed by atoms with E-state index in [1.165, 1.54) is 16.0 Å². The molecule has 0 saturated heterocycles. The zero-order valence-corrected chi connectivity index (χ0v) is 63.1. The Bertz CT molecular complexity index is 2210. The second kappa shape index (κ2) is 58.6. The van der Waals surface area contributed by atoms with Gasteiger partial charge in [0.2, 0.25) is 11.8 Å². The van der Waals surface area contributed by atoms with Gasteiger partial charge in [-0.05, 0) is 67.4 Å². The topological polar surface area (TPSA) is 279 Å². The number of amides is 2. The lowest BCUT2D eigenvalue weighted by molar-refractivity contribution is -0.140. The van der Waals surface area contributed by atoms with Gasteiger partial charge >= 0.3 is 11.9 Å². The van der Waals surface area contributed by atoms with Gasteiger partial charge in [-0.25, -0.2) is 4.68 Å². The molecule has 0 aliphatic heterocycles. The predicted octanol–water partition coefficient (Wildman–Crippen LogP) is 14.8. The van der Waals surface area contributed by atoms with Crippen molar-refractivity contribution in [3.63, 3.8) is 0 Å². The molecule has 0 aliphatic rings. The Labute approximate surface area is 550 Å². The average Bonchev–Trinajstić information content (AvgIpc) is 3.87. The van der Waals surface area contributed by atoms with Crippen LogP contribution in [0.1, 0.15) is 228 Å². The molecule has 0 bridgehead atoms. The number of ketones is 3. The highest BCUT2D eigenvalue weighted by molar-refractivity contribution is 7.98. The number of nitrogens with zero attached hydrogens (tertiary/aromatic N) is 4. The molecule has 3 rings (SSSR count). The Balaban J connectivity index is -0.000000135. The number of rotatable bonds is 18. The van der Waals surface area contributed by atoms with E-state index < -0.39 is 11.9 Å². The van der Waals surface area contributed by atoms with Crippen LogP contribution in [0.3, 0.4) is 0 Å². The van der Waals surface area contributed by atoms with Crippen molar-refractivity contribution in [3.8, 4) is 0 Å². The molecule has 0 fully saturated rings. The van der Waals surface area contributed by atoms with Crippen LogP contribution in [0.4, 0.5) is 0 Å². The number of aryl methyl sites for hydroxylation is 1. The van der Waals surface area contributed by atoms with E-state index in [4.69, 9.17) is 21.7 Å². The Hall–Kier alpha value is -4.79. The molecule has 1 atom stereocenters. The monoisotopic (exact) mass is 1300 g/mol. The fourth-order valence-corrected chi connectivity index (χ4v) is 5.28. The molecule has 0 radical (unpaired) electrons. The van der Waals surface area contributed by atoms with Crippen LogP contribution in [0.5, 0.6) is 0 Å². The third-order valence-corrected chi connectivity index (χ3v) is 14.0. The van der Waals surface area contributed by atoms with Crippen molar-refractivity contribution < 1.29 is 43.8 Å². The van der Waals surface area contributed by atoms with Crippen molar-refractivity contribution in [2.45, 2.75) is 235 Å². The number of aromatic nitrogens is 4. The molecule has 2 heterocycles. The first-order chi connectivity index (χ1) is 39.9. The largest absolute Gasteiger partial charge is 0.481 e. The van der Waals surface area contributed by atoms with E-state index in [0.29, 0.717) is 24.0 Å². The SMILES string of the molecule is CC(=O)C(C)C.CC(C)C(=O)N(C)C.CC(C)C(=O)O.CC(C)C(=O)[C@@H](C)N.CC(C)C(C)(C)S.CC(C)C(N)=O.CC(C)CS.CC(C)CSCc1ccccc1.CC(C)c1cn(CC(=O)O)nn1.CCC(=O)C(C)C.Cc1cc(=O)c(C(C)C)c[nH]1. The van der Waals surface area contributed by atoms with Gasteiger partial charge in [0.1, 0.15) is 18.1 Å². The lowest BCUT2D eigenvalue weighted by Crippen LogP contribution is -2.30. The Morgan fingerprint density at radius 3 is 1.33 bits per heavy atom. The van der Waals surface area contributed by atoms with Gasteiger partial charge in [0.15, 0.2) is 11.2 Å². The van der Waals surface area contributed by atoms with Crippen molar-refractivity contribution in [2.24, 2.45) is 64.7 Å². The number of aliphatic carboxylic acids is 2. The third-order valence-electron chi connectivity index (χ3n) is 11.3. The van der Waals surface area contributed by atoms with Gasteiger partial charge in [-0.2, -0.15) is 37.0 Å². The molecular weight excluding hydrogens is 1170 g/mol. The molecule has 2 amide bonds. The van der Waals surface area contributed by atoms with Crippen LogP contribution in [0.25, 0.3) is 0 Å². The summed E-state index contributed by atoms with van der Waals surface area (Å²) in [6, 6.07) is 12.0. The number of thioether (sulfide) groups is 1. The zero-order chi connectivity index (χ0) is 71.5. The summed E-state index contributed by atoms with van der Waals surface area (Å²) >= 11 is 10.4. The minimum absolute atomic E-state index is 0.00926. The number of nitrogens with one attached hydrogen (secondary N) is 1. The molecule has 0 aliphatic carbocycles. The van der Waals surface area contributed by atoms with Gasteiger partial charge < -0.3 is 31.6 Å². The smallest absolute Gasteiger partial charge is 0.325 e. The van der Waals surface area contributed by atoms with Crippen LogP contribution in [0.2, 0.25) is 0 Å². The zero-order valence-electron chi connectivity index (χ0n) is 60.5. The van der Waals surface area contributed by atoms with E-state index >= 15 is 0 Å². The van der Waals surface area contributed by atoms with Crippen LogP contribution in [0, 0.1) is 60.2 Å². The summed E-state index contributed by atoms with van der Waals surface area (Å²) in [5, 5.41) is 23.9. The van der Waals surface area contributed by atoms with E-state index in [-0.39, 0.29) is 87.6 Å². The molecule has 0 saturated carbocycles. The van der Waals surface area contributed by atoms with Gasteiger partial charge in [0.25, 0.3) is 0 Å². The van der Waals surface area contributed by atoms with Crippen molar-refractivity contribution in [3.05, 3.63) is 81.5 Å². The second-order valence-electron chi connectivity index (χ2n) is 25.3. The fourth-order valence-electron chi connectivity index (χ4n) is 4.27. The standard InChI is InChI=1S/C11H16S.C9H13NO.C7H11N3O2.2C6H13NO.C6H12O.C6H14S.C5H10O.C4H9NO.C4H8O2.C4H10S/c1-10(2)8-12-9-11-6-4-3-5-7-11;1-6(2)8-5-10-7(3)4-9(8)11;1-5(2)6-3-10(9-8-6)4-7(11)12;1-5(2)6(8)7(3)4;1-4(2)6(8)5(3)7;1-4-6(7)5(2)3;1-5(2)6(3,4)7;1-4(2)5(3)6;2*1-3(2)4(5)6;1-4(2)3-5/h3-7,10H,8-9H2,1-2H3;4-6H,1-3H3,(H,10,11);3,5H,4H2,1-2H3,(H,11,12);5H,1-4H3;4-5H,7H2,1-3H3;5H,4H2,1-3H3;5,7H,1-4H3;4H,1-3H3;3H,1-2H3,(H2,5,6);3H,1-2H3,(H,5,6);4-5H,3H2,1-2H3/t;;;;5-;;;;;;/m....1....../s1. The maximum atomic E-state index is 11.3. The summed E-state index contributed by atoms with van der Waals surface area (Å²) in [7, 11) is 3.53. The quantitative estimate of drug-likeness (QED) is 0.0584. The first kappa shape index (κ1) is 99.4. The van der Waals surface area contributed by atoms with E-state index in [2.05, 4.69) is 126 Å². The minimum Gasteiger partial charge on any atom is -0.481 e. The highest BCUT2D eigenvalue weighted by Crippen LogP contribution is 2.22. The first-order valence-electron chi connectivity index (χ1n) is 30.7. The number of carboxylic acid groups (broad SMARTS) is 2. The fraction of sp³-hybridized carbons (Fsp3) is 0.706. The molecule has 17 nitrogen and oxygen atoms in total. The molecule has 2 aromatic heterocycles. The van der Waals surface area contributed by atoms with E-state index in [0.717, 1.165) is 40.3 Å². The molecule has 3 aromatic rings. The Kier molecular flexibility index (Phi) is 66.2. The van der Waals surface area contributed by atoms with Gasteiger partial charge in [0.05, 0.1) is 17.7 Å². The van der Waals surface area contributed by atoms with Gasteiger partial charge in [-0.3, -0.25) is 38.4 Å². The molecule has 1 aromatic carbocycles. The van der Waals surface area contributed by atoms with Gasteiger partial charge in [-0.1, -0.05) is 209 Å². The number of Topliss-reactive ketones (excluding diaryl/α,β-unsaturated/α-hetero) is 3. The Morgan fingerprint density at radius 2 is 1.14 bits per heavy atom. The molecular formula is C68H129N7O10S3. The van der Waals surface area contributed by atoms with Crippen LogP contribution in [-0.2, 0) is 45.9 Å². The van der Waals surface area contributed by atoms with Crippen molar-refractivity contribution >= 4 is 78.1 Å². The number of H-pyrrole nitrogens is 1. The van der Waals surface area contributed by atoms with Crippen molar-refractivity contribution in [2.75, 3.05) is 25.6 Å². The van der Waals surface area contributed by atoms with Gasteiger partial charge in [-0.15, -0.1) is 5.10 Å². The summed E-state index contributed by atoms with van der Waals surface area (Å²) in [5.41, 5.74) is 14.2. The number of nitrogens with two attached hydrogens (primary N) is 2. The maximum Gasteiger partial charge on any atom is 0.325 e. The number of thiol groups is 2. The number of benzene rings is 1. The number of primary amides is 1. The molecule has 0 unspecified atom stereocenters. The van der Waals surface area contributed by atoms with Crippen LogP contribution in [0.15, 0.2) is 53.6 Å². The van der Waals surface area contributed by atoms with E-state index in [1.807, 2.05) is 109 Å². The van der Waals surface area contributed by atoms with E-state index in [9.17, 15) is 38.4 Å². The van der Waals surface area contributed by atoms with Crippen LogP contribution < -0.4 is 16.9 Å². The van der Waals surface area contributed by atoms with Crippen LogP contribution in [-0.4, -0.2) is 113 Å². The number of carbonyl (C=O) groups excluding carboxylic acids is 5. The molecule has 20 heteroatoms. The highest BCUT2D eigenvalue weighted by Gasteiger charge is 2.15. The molecule has 88 heavy (non-hydrogen) atoms. The minimum atomic E-state index is -0.907. The molecule has 0 spiro atoms. The summed E-state index contributed by atoms with van der Waals surface area (Å²) in [6.07, 6.45) is 4.12. The number of carboxylic acids is 2. The first-order valence-corrected chi connectivity index (χ1v) is 33.0. The second-order valence-corrected chi connectivity index (χ2v) is 27.8. The third kappa shape index (κ3) is 72.0. The summed E-state index contributed by atoms with van der Waals surface area (Å²) < 4.78 is 1.51. The normalized spacial score (nSPS) is 10.6. The number of hydrogen-bond donors (Lipinski definition) is 7. The Morgan fingerprint density at radius 1 is 0.716 bits per heavy atom. The predicted molar refractivity (Wildman–Crippen MR) is 381 cm³/mol. The number of hydrogen-bond acceptors (Lipinski definition) is 14. The highest BCUT2D eigenvalue weighted by atomic mass is 32.2. The summed E-state index contributed by atoms with van der Waals surface area (Å²) in [5.74, 6) is 5.66. The average molecular weight is 1300 g/mol.